The molecular formula is C26H35N5O3. The van der Waals surface area contributed by atoms with Gasteiger partial charge in [-0.15, -0.1) is 0 Å². The zero-order valence-electron chi connectivity index (χ0n) is 19.9. The van der Waals surface area contributed by atoms with Crippen LogP contribution >= 0.6 is 0 Å². The maximum absolute atomic E-state index is 12.9. The van der Waals surface area contributed by atoms with Crippen LogP contribution in [0.15, 0.2) is 48.5 Å². The highest BCUT2D eigenvalue weighted by atomic mass is 16.5. The molecule has 1 aliphatic rings. The fourth-order valence-electron chi connectivity index (χ4n) is 4.57. The van der Waals surface area contributed by atoms with Crippen LogP contribution in [0.1, 0.15) is 42.1 Å². The summed E-state index contributed by atoms with van der Waals surface area (Å²) in [6, 6.07) is 15.0. The van der Waals surface area contributed by atoms with E-state index in [2.05, 4.69) is 5.32 Å². The number of esters is 1. The number of nitrogens with one attached hydrogen (secondary N) is 2. The molecule has 1 fully saturated rings. The van der Waals surface area contributed by atoms with Gasteiger partial charge in [-0.2, -0.15) is 0 Å². The molecular weight excluding hydrogens is 430 g/mol. The van der Waals surface area contributed by atoms with Crippen molar-refractivity contribution in [1.29, 1.82) is 5.41 Å². The summed E-state index contributed by atoms with van der Waals surface area (Å²) in [5.41, 5.74) is 15.0. The Bertz CT molecular complexity index is 1010. The molecule has 182 valence electrons. The molecule has 0 aliphatic carbocycles. The first-order chi connectivity index (χ1) is 16.3. The van der Waals surface area contributed by atoms with Crippen molar-refractivity contribution in [2.45, 2.75) is 38.8 Å². The van der Waals surface area contributed by atoms with Crippen LogP contribution in [0.3, 0.4) is 0 Å². The van der Waals surface area contributed by atoms with Crippen LogP contribution in [-0.2, 0) is 16.1 Å². The lowest BCUT2D eigenvalue weighted by Crippen LogP contribution is -2.46. The molecule has 6 N–H and O–H groups in total. The number of hydrogen-bond acceptors (Lipinski definition) is 5. The van der Waals surface area contributed by atoms with E-state index in [1.54, 1.807) is 12.1 Å². The summed E-state index contributed by atoms with van der Waals surface area (Å²) >= 11 is 0. The number of guanidine groups is 1. The monoisotopic (exact) mass is 465 g/mol. The Morgan fingerprint density at radius 1 is 1.21 bits per heavy atom. The predicted octanol–water partition coefficient (Wildman–Crippen LogP) is 2.72. The van der Waals surface area contributed by atoms with Gasteiger partial charge in [0.2, 0.25) is 0 Å². The van der Waals surface area contributed by atoms with Crippen LogP contribution < -0.4 is 16.8 Å². The van der Waals surface area contributed by atoms with Crippen LogP contribution in [-0.4, -0.2) is 49.0 Å². The third kappa shape index (κ3) is 6.35. The minimum Gasteiger partial charge on any atom is -0.469 e. The highest BCUT2D eigenvalue weighted by Crippen LogP contribution is 2.26. The molecule has 34 heavy (non-hydrogen) atoms. The molecule has 0 radical (unpaired) electrons. The van der Waals surface area contributed by atoms with Gasteiger partial charge < -0.3 is 26.4 Å². The number of nitrogens with zero attached hydrogens (tertiary/aromatic N) is 1. The van der Waals surface area contributed by atoms with Gasteiger partial charge in [0, 0.05) is 31.2 Å². The number of ether oxygens (including phenoxy) is 1. The first-order valence-electron chi connectivity index (χ1n) is 11.7. The molecule has 1 saturated heterocycles. The zero-order chi connectivity index (χ0) is 24.7. The highest BCUT2D eigenvalue weighted by molar-refractivity contribution is 5.95. The van der Waals surface area contributed by atoms with E-state index in [-0.39, 0.29) is 23.8 Å². The minimum atomic E-state index is -0.482. The van der Waals surface area contributed by atoms with Crippen molar-refractivity contribution in [2.24, 2.45) is 23.3 Å². The molecule has 8 heteroatoms. The normalized spacial score (nSPS) is 17.5. The third-order valence-electron chi connectivity index (χ3n) is 6.56. The number of nitrogens with two attached hydrogens (primary N) is 2. The number of piperidine rings is 1. The number of methoxy groups -OCH3 is 1. The molecule has 0 spiro atoms. The predicted molar refractivity (Wildman–Crippen MR) is 133 cm³/mol. The van der Waals surface area contributed by atoms with Crippen molar-refractivity contribution >= 4 is 17.8 Å². The summed E-state index contributed by atoms with van der Waals surface area (Å²) in [6.07, 6.45) is 2.43. The standard InChI is InChI=1S/C26H35N5O3/c1-17(23(25(33)34-2)14-19-6-4-12-31(16-19)26(28)29)30-24(32)21-10-8-20(9-11-21)22-7-3-5-18(13-22)15-27/h3,5,7-11,13,17,19,23H,4,6,12,14-16,27H2,1-2H3,(H3,28,29)(H,30,32)/t17?,19?,23-/m1/s1. The largest absolute Gasteiger partial charge is 0.469 e. The molecule has 2 aromatic carbocycles. The molecule has 0 bridgehead atoms. The van der Waals surface area contributed by atoms with Gasteiger partial charge in [-0.05, 0) is 67.0 Å². The van der Waals surface area contributed by atoms with Crippen LogP contribution in [0.25, 0.3) is 11.1 Å². The second-order valence-electron chi connectivity index (χ2n) is 8.95. The number of rotatable bonds is 8. The molecule has 0 aromatic heterocycles. The van der Waals surface area contributed by atoms with Gasteiger partial charge in [-0.25, -0.2) is 0 Å². The number of carbonyl (C=O) groups is 2. The molecule has 3 rings (SSSR count). The highest BCUT2D eigenvalue weighted by Gasteiger charge is 2.32. The summed E-state index contributed by atoms with van der Waals surface area (Å²) < 4.78 is 5.04. The molecule has 2 unspecified atom stereocenters. The number of amides is 1. The lowest BCUT2D eigenvalue weighted by atomic mass is 9.85. The van der Waals surface area contributed by atoms with E-state index in [9.17, 15) is 9.59 Å². The quantitative estimate of drug-likeness (QED) is 0.269. The molecule has 1 heterocycles. The van der Waals surface area contributed by atoms with Crippen molar-refractivity contribution in [1.82, 2.24) is 10.2 Å². The number of carbonyl (C=O) groups excluding carboxylic acids is 2. The molecule has 3 atom stereocenters. The van der Waals surface area contributed by atoms with E-state index in [0.29, 0.717) is 25.1 Å². The molecule has 8 nitrogen and oxygen atoms in total. The smallest absolute Gasteiger partial charge is 0.310 e. The lowest BCUT2D eigenvalue weighted by Gasteiger charge is -2.35. The van der Waals surface area contributed by atoms with Gasteiger partial charge in [0.1, 0.15) is 0 Å². The van der Waals surface area contributed by atoms with Gasteiger partial charge in [0.25, 0.3) is 5.91 Å². The van der Waals surface area contributed by atoms with E-state index in [0.717, 1.165) is 36.1 Å². The van der Waals surface area contributed by atoms with Crippen molar-refractivity contribution in [3.63, 3.8) is 0 Å². The van der Waals surface area contributed by atoms with Gasteiger partial charge >= 0.3 is 5.97 Å². The molecule has 2 aromatic rings. The van der Waals surface area contributed by atoms with Crippen LogP contribution in [0.5, 0.6) is 0 Å². The maximum Gasteiger partial charge on any atom is 0.310 e. The van der Waals surface area contributed by atoms with E-state index < -0.39 is 12.0 Å². The van der Waals surface area contributed by atoms with E-state index in [1.807, 2.05) is 48.2 Å². The Labute approximate surface area is 201 Å². The lowest BCUT2D eigenvalue weighted by molar-refractivity contribution is -0.147. The second kappa shape index (κ2) is 11.7. The Morgan fingerprint density at radius 3 is 2.59 bits per heavy atom. The number of benzene rings is 2. The molecule has 1 aliphatic heterocycles. The summed E-state index contributed by atoms with van der Waals surface area (Å²) in [5.74, 6) is -0.812. The topological polar surface area (TPSA) is 135 Å². The Morgan fingerprint density at radius 2 is 1.94 bits per heavy atom. The first kappa shape index (κ1) is 25.2. The van der Waals surface area contributed by atoms with Gasteiger partial charge in [0.05, 0.1) is 13.0 Å². The summed E-state index contributed by atoms with van der Waals surface area (Å²) in [4.78, 5) is 27.3. The first-order valence-corrected chi connectivity index (χ1v) is 11.7. The van der Waals surface area contributed by atoms with Crippen LogP contribution in [0.4, 0.5) is 0 Å². The SMILES string of the molecule is COC(=O)[C@H](CC1CCCN(C(=N)N)C1)C(C)NC(=O)c1ccc(-c2cccc(CN)c2)cc1. The maximum atomic E-state index is 12.9. The van der Waals surface area contributed by atoms with Gasteiger partial charge in [0.15, 0.2) is 5.96 Å². The van der Waals surface area contributed by atoms with Crippen molar-refractivity contribution in [3.05, 3.63) is 59.7 Å². The van der Waals surface area contributed by atoms with Crippen LogP contribution in [0.2, 0.25) is 0 Å². The van der Waals surface area contributed by atoms with Crippen molar-refractivity contribution < 1.29 is 14.3 Å². The molecule has 0 saturated carbocycles. The van der Waals surface area contributed by atoms with E-state index in [4.69, 9.17) is 21.6 Å². The summed E-state index contributed by atoms with van der Waals surface area (Å²) in [5, 5.41) is 10.7. The zero-order valence-corrected chi connectivity index (χ0v) is 19.9. The average molecular weight is 466 g/mol. The fraction of sp³-hybridized carbons (Fsp3) is 0.423. The number of likely N-dealkylation sites (tertiary alicyclic amines) is 1. The van der Waals surface area contributed by atoms with Crippen molar-refractivity contribution in [3.8, 4) is 11.1 Å². The molecule has 1 amide bonds. The fourth-order valence-corrected chi connectivity index (χ4v) is 4.57. The minimum absolute atomic E-state index is 0.0545. The number of hydrogen-bond donors (Lipinski definition) is 4. The Balaban J connectivity index is 1.66. The van der Waals surface area contributed by atoms with Gasteiger partial charge in [-0.3, -0.25) is 15.0 Å². The van der Waals surface area contributed by atoms with E-state index >= 15 is 0 Å². The van der Waals surface area contributed by atoms with Crippen LogP contribution in [0, 0.1) is 17.2 Å². The van der Waals surface area contributed by atoms with Gasteiger partial charge in [-0.1, -0.05) is 30.3 Å². The third-order valence-corrected chi connectivity index (χ3v) is 6.56. The Kier molecular flexibility index (Phi) is 8.65. The van der Waals surface area contributed by atoms with E-state index in [1.165, 1.54) is 7.11 Å². The Hall–Kier alpha value is -3.39. The van der Waals surface area contributed by atoms with Crippen molar-refractivity contribution in [2.75, 3.05) is 20.2 Å². The summed E-state index contributed by atoms with van der Waals surface area (Å²) in [6.45, 7) is 3.70. The summed E-state index contributed by atoms with van der Waals surface area (Å²) in [7, 11) is 1.37. The second-order valence-corrected chi connectivity index (χ2v) is 8.95. The average Bonchev–Trinajstić information content (AvgIpc) is 2.87.